The molecular formula is C33H27Cl2F3N4O4S. The average molecular weight is 704 g/mol. The Kier molecular flexibility index (Phi) is 9.94. The first-order valence-electron chi connectivity index (χ1n) is 14.4. The zero-order valence-corrected chi connectivity index (χ0v) is 27.1. The van der Waals surface area contributed by atoms with Crippen LogP contribution in [0.5, 0.6) is 0 Å². The topological polar surface area (TPSA) is 103 Å². The molecule has 0 atom stereocenters. The van der Waals surface area contributed by atoms with E-state index in [1.807, 2.05) is 11.6 Å². The number of aromatic nitrogens is 3. The minimum Gasteiger partial charge on any atom is -0.274 e. The lowest BCUT2D eigenvalue weighted by Gasteiger charge is -2.13. The van der Waals surface area contributed by atoms with Crippen LogP contribution >= 0.6 is 23.2 Å². The number of alkyl halides is 3. The lowest BCUT2D eigenvalue weighted by molar-refractivity contribution is -0.137. The van der Waals surface area contributed by atoms with Crippen LogP contribution in [0.15, 0.2) is 101 Å². The van der Waals surface area contributed by atoms with Crippen molar-refractivity contribution in [2.24, 2.45) is 0 Å². The number of unbranched alkanes of at least 4 members (excludes halogenated alkanes) is 1. The standard InChI is InChI=1S/C33H27Cl2F3N4O4S/c1-2-3-15-29-39-42(27-13-6-5-11-25(27)33(36,37)38)32(44)41(29)20-21-16-18-22(19-17-21)23-9-4-7-14-28(23)47(45,46)40-31(43)24-10-8-12-26(34)30(24)35/h4-14,16-19H,2-3,15,20H2,1H3,(H,40,43). The molecule has 8 nitrogen and oxygen atoms in total. The molecule has 1 amide bonds. The molecule has 0 saturated carbocycles. The number of benzene rings is 4. The first-order chi connectivity index (χ1) is 22.3. The first-order valence-corrected chi connectivity index (χ1v) is 16.6. The molecule has 0 bridgehead atoms. The molecule has 0 aliphatic carbocycles. The number of aryl methyl sites for hydroxylation is 1. The van der Waals surface area contributed by atoms with Gasteiger partial charge in [0.05, 0.1) is 38.3 Å². The highest BCUT2D eigenvalue weighted by Crippen LogP contribution is 2.33. The van der Waals surface area contributed by atoms with Gasteiger partial charge in [-0.15, -0.1) is 5.10 Å². The Morgan fingerprint density at radius 1 is 0.915 bits per heavy atom. The molecule has 1 N–H and O–H groups in total. The van der Waals surface area contributed by atoms with E-state index in [9.17, 15) is 31.2 Å². The molecule has 1 aromatic heterocycles. The lowest BCUT2D eigenvalue weighted by atomic mass is 10.0. The number of amides is 1. The van der Waals surface area contributed by atoms with Crippen molar-refractivity contribution in [2.45, 2.75) is 43.8 Å². The van der Waals surface area contributed by atoms with Gasteiger partial charge in [-0.05, 0) is 47.9 Å². The molecule has 0 aliphatic heterocycles. The second-order valence-electron chi connectivity index (χ2n) is 10.5. The van der Waals surface area contributed by atoms with Crippen molar-refractivity contribution in [1.82, 2.24) is 19.1 Å². The molecule has 0 spiro atoms. The highest BCUT2D eigenvalue weighted by molar-refractivity contribution is 7.90. The molecule has 244 valence electrons. The Labute approximate surface area is 278 Å². The molecule has 5 aromatic rings. The maximum absolute atomic E-state index is 13.8. The fourth-order valence-electron chi connectivity index (χ4n) is 4.99. The van der Waals surface area contributed by atoms with Crippen LogP contribution in [0.1, 0.15) is 47.1 Å². The molecule has 0 fully saturated rings. The van der Waals surface area contributed by atoms with Gasteiger partial charge in [0, 0.05) is 12.0 Å². The summed E-state index contributed by atoms with van der Waals surface area (Å²) in [5.74, 6) is -0.615. The summed E-state index contributed by atoms with van der Waals surface area (Å²) >= 11 is 12.1. The van der Waals surface area contributed by atoms with Gasteiger partial charge in [0.25, 0.3) is 15.9 Å². The second kappa shape index (κ2) is 13.8. The van der Waals surface area contributed by atoms with Gasteiger partial charge in [0.2, 0.25) is 0 Å². The Morgan fingerprint density at radius 2 is 1.60 bits per heavy atom. The summed E-state index contributed by atoms with van der Waals surface area (Å²) in [6, 6.07) is 21.8. The SMILES string of the molecule is CCCCc1nn(-c2ccccc2C(F)(F)F)c(=O)n1Cc1ccc(-c2ccccc2S(=O)(=O)NC(=O)c2cccc(Cl)c2Cl)cc1. The fourth-order valence-corrected chi connectivity index (χ4v) is 6.58. The molecule has 5 rings (SSSR count). The number of hydrogen-bond acceptors (Lipinski definition) is 5. The minimum atomic E-state index is -4.69. The average Bonchev–Trinajstić information content (AvgIpc) is 3.35. The van der Waals surface area contributed by atoms with Crippen molar-refractivity contribution in [3.63, 3.8) is 0 Å². The van der Waals surface area contributed by atoms with Crippen molar-refractivity contribution in [3.05, 3.63) is 134 Å². The van der Waals surface area contributed by atoms with Crippen molar-refractivity contribution >= 4 is 39.1 Å². The number of carbonyl (C=O) groups is 1. The third kappa shape index (κ3) is 7.29. The van der Waals surface area contributed by atoms with Crippen LogP contribution in [0.2, 0.25) is 10.0 Å². The van der Waals surface area contributed by atoms with E-state index < -0.39 is 33.4 Å². The van der Waals surface area contributed by atoms with Crippen LogP contribution in [0, 0.1) is 0 Å². The summed E-state index contributed by atoms with van der Waals surface area (Å²) in [6.45, 7) is 1.97. The Balaban J connectivity index is 1.45. The molecule has 0 unspecified atom stereocenters. The van der Waals surface area contributed by atoms with Crippen molar-refractivity contribution in [2.75, 3.05) is 0 Å². The van der Waals surface area contributed by atoms with E-state index in [1.165, 1.54) is 53.1 Å². The maximum atomic E-state index is 13.8. The van der Waals surface area contributed by atoms with Gasteiger partial charge in [-0.25, -0.2) is 17.9 Å². The third-order valence-corrected chi connectivity index (χ3v) is 9.54. The Morgan fingerprint density at radius 3 is 2.30 bits per heavy atom. The Hall–Kier alpha value is -4.39. The summed E-state index contributed by atoms with van der Waals surface area (Å²) in [6.07, 6.45) is -2.86. The maximum Gasteiger partial charge on any atom is 0.418 e. The summed E-state index contributed by atoms with van der Waals surface area (Å²) in [4.78, 5) is 26.2. The number of sulfonamides is 1. The van der Waals surface area contributed by atoms with E-state index in [4.69, 9.17) is 23.2 Å². The molecule has 14 heteroatoms. The Bertz CT molecular complexity index is 2110. The van der Waals surface area contributed by atoms with Gasteiger partial charge in [0.1, 0.15) is 5.82 Å². The van der Waals surface area contributed by atoms with Crippen molar-refractivity contribution in [3.8, 4) is 16.8 Å². The minimum absolute atomic E-state index is 0.0166. The molecule has 47 heavy (non-hydrogen) atoms. The van der Waals surface area contributed by atoms with Crippen LogP contribution in [0.25, 0.3) is 16.8 Å². The molecular weight excluding hydrogens is 676 g/mol. The van der Waals surface area contributed by atoms with Gasteiger partial charge in [0.15, 0.2) is 0 Å². The zero-order chi connectivity index (χ0) is 33.9. The first kappa shape index (κ1) is 34.0. The van der Waals surface area contributed by atoms with Gasteiger partial charge in [-0.2, -0.15) is 17.9 Å². The number of rotatable bonds is 10. The van der Waals surface area contributed by atoms with Crippen LogP contribution < -0.4 is 10.4 Å². The number of halogens is 5. The summed E-state index contributed by atoms with van der Waals surface area (Å²) in [5.41, 5.74) is -0.739. The van der Waals surface area contributed by atoms with Gasteiger partial charge in [-0.3, -0.25) is 9.36 Å². The van der Waals surface area contributed by atoms with E-state index in [2.05, 4.69) is 5.10 Å². The van der Waals surface area contributed by atoms with Crippen molar-refractivity contribution < 1.29 is 26.4 Å². The third-order valence-electron chi connectivity index (χ3n) is 7.34. The van der Waals surface area contributed by atoms with E-state index in [0.29, 0.717) is 35.4 Å². The van der Waals surface area contributed by atoms with Gasteiger partial charge < -0.3 is 0 Å². The van der Waals surface area contributed by atoms with Crippen LogP contribution in [-0.2, 0) is 29.2 Å². The normalized spacial score (nSPS) is 11.9. The molecule has 0 aliphatic rings. The summed E-state index contributed by atoms with van der Waals surface area (Å²) in [7, 11) is -4.37. The zero-order valence-electron chi connectivity index (χ0n) is 24.8. The summed E-state index contributed by atoms with van der Waals surface area (Å²) < 4.78 is 72.1. The van der Waals surface area contributed by atoms with Gasteiger partial charge in [-0.1, -0.05) is 97.2 Å². The quantitative estimate of drug-likeness (QED) is 0.162. The van der Waals surface area contributed by atoms with Gasteiger partial charge >= 0.3 is 11.9 Å². The number of nitrogens with one attached hydrogen (secondary N) is 1. The number of para-hydroxylation sites is 1. The lowest BCUT2D eigenvalue weighted by Crippen LogP contribution is -2.31. The number of carbonyl (C=O) groups excluding carboxylic acids is 1. The summed E-state index contributed by atoms with van der Waals surface area (Å²) in [5, 5.41) is 4.31. The largest absolute Gasteiger partial charge is 0.418 e. The highest BCUT2D eigenvalue weighted by atomic mass is 35.5. The van der Waals surface area contributed by atoms with Crippen LogP contribution in [-0.4, -0.2) is 28.7 Å². The second-order valence-corrected chi connectivity index (χ2v) is 13.0. The number of hydrogen-bond donors (Lipinski definition) is 1. The predicted molar refractivity (Wildman–Crippen MR) is 174 cm³/mol. The molecule has 1 heterocycles. The smallest absolute Gasteiger partial charge is 0.274 e. The van der Waals surface area contributed by atoms with E-state index >= 15 is 0 Å². The molecule has 0 radical (unpaired) electrons. The van der Waals surface area contributed by atoms with E-state index in [-0.39, 0.29) is 32.7 Å². The number of nitrogens with zero attached hydrogens (tertiary/aromatic N) is 3. The van der Waals surface area contributed by atoms with E-state index in [1.54, 1.807) is 36.4 Å². The van der Waals surface area contributed by atoms with Crippen LogP contribution in [0.4, 0.5) is 13.2 Å². The predicted octanol–water partition coefficient (Wildman–Crippen LogP) is 7.54. The highest BCUT2D eigenvalue weighted by Gasteiger charge is 2.35. The fraction of sp³-hybridized carbons (Fsp3) is 0.182. The molecule has 0 saturated heterocycles. The van der Waals surface area contributed by atoms with Crippen molar-refractivity contribution in [1.29, 1.82) is 0 Å². The monoisotopic (exact) mass is 702 g/mol. The molecule has 4 aromatic carbocycles. The van der Waals surface area contributed by atoms with E-state index in [0.717, 1.165) is 17.2 Å². The van der Waals surface area contributed by atoms with Crippen LogP contribution in [0.3, 0.4) is 0 Å².